The van der Waals surface area contributed by atoms with E-state index in [-0.39, 0.29) is 18.1 Å². The third kappa shape index (κ3) is 4.40. The Labute approximate surface area is 130 Å². The number of carbonyl (C=O) groups is 1. The minimum atomic E-state index is -3.05. The van der Waals surface area contributed by atoms with Gasteiger partial charge in [0.05, 0.1) is 12.2 Å². The molecule has 0 radical (unpaired) electrons. The molecule has 1 aromatic rings. The van der Waals surface area contributed by atoms with Gasteiger partial charge in [-0.3, -0.25) is 14.2 Å². The van der Waals surface area contributed by atoms with Gasteiger partial charge in [-0.15, -0.1) is 0 Å². The molecule has 1 amide bonds. The molecule has 6 nitrogen and oxygen atoms in total. The second-order valence-electron chi connectivity index (χ2n) is 5.16. The van der Waals surface area contributed by atoms with Gasteiger partial charge in [-0.05, 0) is 18.4 Å². The molecule has 22 heavy (non-hydrogen) atoms. The van der Waals surface area contributed by atoms with Crippen LogP contribution in [0.1, 0.15) is 24.8 Å². The van der Waals surface area contributed by atoms with Crippen LogP contribution in [0.3, 0.4) is 0 Å². The topological polar surface area (TPSA) is 65.1 Å². The second-order valence-corrected chi connectivity index (χ2v) is 7.56. The average Bonchev–Trinajstić information content (AvgIpc) is 2.92. The zero-order valence-corrected chi connectivity index (χ0v) is 13.8. The van der Waals surface area contributed by atoms with Crippen LogP contribution in [-0.4, -0.2) is 37.4 Å². The van der Waals surface area contributed by atoms with Gasteiger partial charge in [0.2, 0.25) is 5.91 Å². The van der Waals surface area contributed by atoms with Gasteiger partial charge in [0, 0.05) is 20.6 Å². The summed E-state index contributed by atoms with van der Waals surface area (Å²) in [4.78, 5) is 17.6. The summed E-state index contributed by atoms with van der Waals surface area (Å²) < 4.78 is 21.9. The van der Waals surface area contributed by atoms with Crippen molar-refractivity contribution in [3.8, 4) is 0 Å². The molecule has 1 aromatic carbocycles. The summed E-state index contributed by atoms with van der Waals surface area (Å²) in [5.74, 6) is -0.0365. The highest BCUT2D eigenvalue weighted by molar-refractivity contribution is 7.53. The van der Waals surface area contributed by atoms with Crippen molar-refractivity contribution in [3.05, 3.63) is 35.9 Å². The highest BCUT2D eigenvalue weighted by Gasteiger charge is 2.34. The number of rotatable bonds is 8. The molecule has 0 saturated carbocycles. The van der Waals surface area contributed by atoms with Crippen LogP contribution in [0, 0.1) is 0 Å². The molecule has 7 heteroatoms. The van der Waals surface area contributed by atoms with Crippen LogP contribution < -0.4 is 0 Å². The summed E-state index contributed by atoms with van der Waals surface area (Å²) in [6.45, 7) is 0.343. The zero-order chi connectivity index (χ0) is 16.0. The Morgan fingerprint density at radius 2 is 1.91 bits per heavy atom. The minimum Gasteiger partial charge on any atom is -0.312 e. The predicted molar refractivity (Wildman–Crippen MR) is 82.2 cm³/mol. The normalized spacial score (nSPS) is 18.9. The molecule has 0 N–H and O–H groups in total. The molecule has 1 aliphatic heterocycles. The zero-order valence-electron chi connectivity index (χ0n) is 12.9. The lowest BCUT2D eigenvalue weighted by Gasteiger charge is -2.25. The van der Waals surface area contributed by atoms with E-state index in [4.69, 9.17) is 13.9 Å². The van der Waals surface area contributed by atoms with Crippen molar-refractivity contribution in [2.75, 3.05) is 20.4 Å². The fourth-order valence-corrected chi connectivity index (χ4v) is 3.57. The number of hydroxylamine groups is 2. The molecule has 1 heterocycles. The molecule has 1 aliphatic rings. The Hall–Kier alpha value is -1.20. The molecular weight excluding hydrogens is 305 g/mol. The molecule has 1 saturated heterocycles. The summed E-state index contributed by atoms with van der Waals surface area (Å²) in [7, 11) is -0.313. The fourth-order valence-electron chi connectivity index (χ4n) is 2.44. The number of amides is 1. The van der Waals surface area contributed by atoms with Crippen LogP contribution in [-0.2, 0) is 29.9 Å². The van der Waals surface area contributed by atoms with Crippen molar-refractivity contribution < 1.29 is 23.2 Å². The first-order chi connectivity index (χ1) is 10.6. The first-order valence-corrected chi connectivity index (χ1v) is 9.00. The van der Waals surface area contributed by atoms with Crippen molar-refractivity contribution in [1.82, 2.24) is 5.06 Å². The first kappa shape index (κ1) is 17.2. The van der Waals surface area contributed by atoms with Crippen LogP contribution in [0.2, 0.25) is 0 Å². The standard InChI is InChI=1S/C15H22NO5P/c1-19-22(18,20-2)11-10-14-8-9-15(17)16(14)21-12-13-6-4-3-5-7-13/h3-7,14H,8-12H2,1-2H3. The Morgan fingerprint density at radius 3 is 2.55 bits per heavy atom. The smallest absolute Gasteiger partial charge is 0.312 e. The lowest BCUT2D eigenvalue weighted by Crippen LogP contribution is -2.33. The number of nitrogens with zero attached hydrogens (tertiary/aromatic N) is 1. The molecule has 2 rings (SSSR count). The average molecular weight is 327 g/mol. The van der Waals surface area contributed by atoms with Gasteiger partial charge >= 0.3 is 7.60 Å². The van der Waals surface area contributed by atoms with Crippen molar-refractivity contribution in [3.63, 3.8) is 0 Å². The molecule has 1 unspecified atom stereocenters. The van der Waals surface area contributed by atoms with E-state index >= 15 is 0 Å². The van der Waals surface area contributed by atoms with Crippen LogP contribution in [0.5, 0.6) is 0 Å². The molecule has 122 valence electrons. The first-order valence-electron chi connectivity index (χ1n) is 7.27. The maximum atomic E-state index is 12.1. The Kier molecular flexibility index (Phi) is 6.15. The van der Waals surface area contributed by atoms with Crippen LogP contribution in [0.25, 0.3) is 0 Å². The van der Waals surface area contributed by atoms with Gasteiger partial charge in [-0.25, -0.2) is 5.06 Å². The predicted octanol–water partition coefficient (Wildman–Crippen LogP) is 2.99. The largest absolute Gasteiger partial charge is 0.330 e. The molecular formula is C15H22NO5P. The van der Waals surface area contributed by atoms with Gasteiger partial charge in [0.1, 0.15) is 6.61 Å². The van der Waals surface area contributed by atoms with Crippen LogP contribution >= 0.6 is 7.60 Å². The highest BCUT2D eigenvalue weighted by atomic mass is 31.2. The number of hydrogen-bond donors (Lipinski definition) is 0. The van der Waals surface area contributed by atoms with E-state index in [1.54, 1.807) is 0 Å². The molecule has 0 aromatic heterocycles. The van der Waals surface area contributed by atoms with E-state index in [0.29, 0.717) is 25.9 Å². The molecule has 1 atom stereocenters. The second kappa shape index (κ2) is 7.88. The third-order valence-corrected chi connectivity index (χ3v) is 5.69. The molecule has 0 aliphatic carbocycles. The van der Waals surface area contributed by atoms with Crippen molar-refractivity contribution >= 4 is 13.5 Å². The SMILES string of the molecule is COP(=O)(CCC1CCC(=O)N1OCc1ccccc1)OC. The maximum absolute atomic E-state index is 12.1. The monoisotopic (exact) mass is 327 g/mol. The van der Waals surface area contributed by atoms with Crippen molar-refractivity contribution in [2.45, 2.75) is 31.9 Å². The Morgan fingerprint density at radius 1 is 1.23 bits per heavy atom. The number of hydrogen-bond acceptors (Lipinski definition) is 5. The number of carbonyl (C=O) groups excluding carboxylic acids is 1. The molecule has 1 fully saturated rings. The quantitative estimate of drug-likeness (QED) is 0.687. The van der Waals surface area contributed by atoms with E-state index in [9.17, 15) is 9.36 Å². The van der Waals surface area contributed by atoms with Crippen molar-refractivity contribution in [2.24, 2.45) is 0 Å². The summed E-state index contributed by atoms with van der Waals surface area (Å²) in [5.41, 5.74) is 1.00. The van der Waals surface area contributed by atoms with E-state index in [2.05, 4.69) is 0 Å². The third-order valence-electron chi connectivity index (χ3n) is 3.77. The van der Waals surface area contributed by atoms with Gasteiger partial charge in [-0.1, -0.05) is 30.3 Å². The van der Waals surface area contributed by atoms with E-state index in [1.807, 2.05) is 30.3 Å². The van der Waals surface area contributed by atoms with E-state index < -0.39 is 7.60 Å². The summed E-state index contributed by atoms with van der Waals surface area (Å²) in [6.07, 6.45) is 1.94. The summed E-state index contributed by atoms with van der Waals surface area (Å²) >= 11 is 0. The number of benzene rings is 1. The van der Waals surface area contributed by atoms with E-state index in [1.165, 1.54) is 19.3 Å². The summed E-state index contributed by atoms with van der Waals surface area (Å²) in [6, 6.07) is 9.58. The van der Waals surface area contributed by atoms with Gasteiger partial charge < -0.3 is 9.05 Å². The van der Waals surface area contributed by atoms with Gasteiger partial charge in [0.25, 0.3) is 0 Å². The minimum absolute atomic E-state index is 0.0365. The molecule has 0 spiro atoms. The Bertz CT molecular complexity index is 528. The lowest BCUT2D eigenvalue weighted by atomic mass is 10.2. The van der Waals surface area contributed by atoms with E-state index in [0.717, 1.165) is 5.56 Å². The highest BCUT2D eigenvalue weighted by Crippen LogP contribution is 2.47. The maximum Gasteiger partial charge on any atom is 0.330 e. The van der Waals surface area contributed by atoms with Gasteiger partial charge in [0.15, 0.2) is 0 Å². The van der Waals surface area contributed by atoms with Gasteiger partial charge in [-0.2, -0.15) is 0 Å². The lowest BCUT2D eigenvalue weighted by molar-refractivity contribution is -0.195. The molecule has 0 bridgehead atoms. The summed E-state index contributed by atoms with van der Waals surface area (Å²) in [5, 5.41) is 1.42. The van der Waals surface area contributed by atoms with Crippen molar-refractivity contribution in [1.29, 1.82) is 0 Å². The fraction of sp³-hybridized carbons (Fsp3) is 0.533. The van der Waals surface area contributed by atoms with Crippen LogP contribution in [0.15, 0.2) is 30.3 Å². The Balaban J connectivity index is 1.90. The van der Waals surface area contributed by atoms with Crippen LogP contribution in [0.4, 0.5) is 0 Å².